The minimum absolute atomic E-state index is 0.142. The van der Waals surface area contributed by atoms with Gasteiger partial charge in [-0.1, -0.05) is 29.8 Å². The van der Waals surface area contributed by atoms with Crippen molar-refractivity contribution in [3.63, 3.8) is 0 Å². The van der Waals surface area contributed by atoms with Crippen molar-refractivity contribution in [3.05, 3.63) is 64.6 Å². The van der Waals surface area contributed by atoms with E-state index in [0.717, 1.165) is 48.3 Å². The van der Waals surface area contributed by atoms with Crippen molar-refractivity contribution in [1.29, 1.82) is 0 Å². The van der Waals surface area contributed by atoms with Crippen molar-refractivity contribution in [1.82, 2.24) is 14.4 Å². The number of fused-ring (bicyclic) bond motifs is 2. The molecule has 12 heteroatoms. The van der Waals surface area contributed by atoms with Crippen molar-refractivity contribution in [2.24, 2.45) is 24.8 Å². The maximum absolute atomic E-state index is 16.0. The zero-order chi connectivity index (χ0) is 35.0. The maximum Gasteiger partial charge on any atom is 0.308 e. The van der Waals surface area contributed by atoms with Gasteiger partial charge >= 0.3 is 5.97 Å². The van der Waals surface area contributed by atoms with Crippen molar-refractivity contribution in [3.8, 4) is 0 Å². The number of carbonyl (C=O) groups excluding carboxylic acids is 3. The third-order valence-corrected chi connectivity index (χ3v) is 12.7. The van der Waals surface area contributed by atoms with Gasteiger partial charge < -0.3 is 19.4 Å². The molecule has 7 rings (SSSR count). The highest BCUT2D eigenvalue weighted by Gasteiger charge is 2.56. The molecule has 4 aliphatic rings. The fourth-order valence-electron chi connectivity index (χ4n) is 8.45. The maximum atomic E-state index is 16.0. The van der Waals surface area contributed by atoms with Gasteiger partial charge in [0.25, 0.3) is 5.91 Å². The Morgan fingerprint density at radius 3 is 2.42 bits per heavy atom. The minimum atomic E-state index is -1.34. The summed E-state index contributed by atoms with van der Waals surface area (Å²) in [5.74, 6) is 0.197. The van der Waals surface area contributed by atoms with E-state index in [-0.39, 0.29) is 46.5 Å². The molecule has 0 bridgehead atoms. The van der Waals surface area contributed by atoms with Gasteiger partial charge in [0.2, 0.25) is 5.85 Å². The van der Waals surface area contributed by atoms with E-state index < -0.39 is 17.6 Å². The van der Waals surface area contributed by atoms with E-state index in [1.807, 2.05) is 54.6 Å². The molecule has 3 aliphatic heterocycles. The Balaban J connectivity index is 1.15. The van der Waals surface area contributed by atoms with Gasteiger partial charge in [0.15, 0.2) is 5.78 Å². The van der Waals surface area contributed by atoms with Crippen LogP contribution in [0, 0.1) is 23.6 Å². The molecule has 1 aliphatic carbocycles. The molecule has 50 heavy (non-hydrogen) atoms. The van der Waals surface area contributed by atoms with Crippen LogP contribution >= 0.6 is 23.4 Å². The number of carbonyl (C=O) groups is 3. The summed E-state index contributed by atoms with van der Waals surface area (Å²) < 4.78 is 30.3. The van der Waals surface area contributed by atoms with Crippen LogP contribution in [0.15, 0.2) is 42.6 Å². The van der Waals surface area contributed by atoms with Crippen LogP contribution in [0.3, 0.4) is 0 Å². The number of amides is 1. The molecule has 1 saturated carbocycles. The van der Waals surface area contributed by atoms with Gasteiger partial charge in [0, 0.05) is 56.7 Å². The van der Waals surface area contributed by atoms with E-state index in [1.54, 1.807) is 6.20 Å². The van der Waals surface area contributed by atoms with Crippen LogP contribution < -0.4 is 5.32 Å². The van der Waals surface area contributed by atoms with E-state index >= 15 is 4.39 Å². The summed E-state index contributed by atoms with van der Waals surface area (Å²) in [6.45, 7) is 5.11. The number of nitrogens with zero attached hydrogens (tertiary/aromatic N) is 3. The van der Waals surface area contributed by atoms with Crippen molar-refractivity contribution in [2.45, 2.75) is 63.8 Å². The second-order valence-corrected chi connectivity index (χ2v) is 15.7. The monoisotopic (exact) mass is 724 g/mol. The highest BCUT2D eigenvalue weighted by Crippen LogP contribution is 2.43. The largest absolute Gasteiger partial charge is 0.466 e. The number of esters is 1. The summed E-state index contributed by atoms with van der Waals surface area (Å²) in [4.78, 5) is 45.2. The molecular formula is C38H46ClFN4O5S. The van der Waals surface area contributed by atoms with Crippen LogP contribution in [0.5, 0.6) is 0 Å². The Morgan fingerprint density at radius 2 is 1.72 bits per heavy atom. The number of thioether (sulfide) groups is 1. The lowest BCUT2D eigenvalue weighted by Gasteiger charge is -2.49. The van der Waals surface area contributed by atoms with Gasteiger partial charge in [-0.25, -0.2) is 4.39 Å². The third-order valence-electron chi connectivity index (χ3n) is 11.1. The molecule has 4 fully saturated rings. The van der Waals surface area contributed by atoms with Gasteiger partial charge in [0.05, 0.1) is 34.9 Å². The average Bonchev–Trinajstić information content (AvgIpc) is 3.92. The lowest BCUT2D eigenvalue weighted by molar-refractivity contribution is -0.253. The summed E-state index contributed by atoms with van der Waals surface area (Å²) >= 11 is 8.67. The average molecular weight is 725 g/mol. The molecule has 1 unspecified atom stereocenters. The third kappa shape index (κ3) is 6.84. The molecule has 2 aromatic carbocycles. The fraction of sp³-hybridized carbons (Fsp3) is 0.553. The quantitative estimate of drug-likeness (QED) is 0.224. The number of likely N-dealkylation sites (tertiary alicyclic amines) is 2. The first kappa shape index (κ1) is 35.4. The summed E-state index contributed by atoms with van der Waals surface area (Å²) in [6, 6.07) is 10.2. The van der Waals surface area contributed by atoms with E-state index in [9.17, 15) is 14.4 Å². The number of rotatable bonds is 11. The van der Waals surface area contributed by atoms with Crippen LogP contribution in [0.4, 0.5) is 10.1 Å². The highest BCUT2D eigenvalue weighted by molar-refractivity contribution is 7.99. The number of benzene rings is 2. The SMILES string of the molecule is CCOC(=O)C1CCC(OC(C(=O)Cc2cc(Cl)c(NC(=O)c3cn(C)c4ccccc34)cc2F)(N2CCCC2)N2C[C@H]3CSC[C@H]3C2)CC1. The molecule has 268 valence electrons. The van der Waals surface area contributed by atoms with E-state index in [4.69, 9.17) is 21.1 Å². The molecule has 1 amide bonds. The van der Waals surface area contributed by atoms with E-state index in [0.29, 0.717) is 62.8 Å². The van der Waals surface area contributed by atoms with Gasteiger partial charge in [-0.15, -0.1) is 0 Å². The number of Topliss-reactive ketones (excluding diaryl/α,β-unsaturated/α-hetero) is 1. The normalized spacial score (nSPS) is 25.4. The summed E-state index contributed by atoms with van der Waals surface area (Å²) in [5, 5.41) is 3.72. The van der Waals surface area contributed by atoms with Gasteiger partial charge in [0.1, 0.15) is 5.82 Å². The molecule has 3 aromatic rings. The Bertz CT molecular complexity index is 1740. The lowest BCUT2D eigenvalue weighted by atomic mass is 9.87. The van der Waals surface area contributed by atoms with E-state index in [2.05, 4.69) is 15.1 Å². The highest BCUT2D eigenvalue weighted by atomic mass is 35.5. The fourth-order valence-corrected chi connectivity index (χ4v) is 10.2. The number of aromatic nitrogens is 1. The van der Waals surface area contributed by atoms with Crippen molar-refractivity contribution >= 4 is 57.6 Å². The number of hydrogen-bond acceptors (Lipinski definition) is 8. The zero-order valence-corrected chi connectivity index (χ0v) is 30.4. The predicted octanol–water partition coefficient (Wildman–Crippen LogP) is 6.52. The Morgan fingerprint density at radius 1 is 1.02 bits per heavy atom. The van der Waals surface area contributed by atoms with Crippen molar-refractivity contribution < 1.29 is 28.2 Å². The Kier molecular flexibility index (Phi) is 10.6. The van der Waals surface area contributed by atoms with Gasteiger partial charge in [-0.2, -0.15) is 11.8 Å². The smallest absolute Gasteiger partial charge is 0.308 e. The number of ketones is 1. The van der Waals surface area contributed by atoms with E-state index in [1.165, 1.54) is 12.1 Å². The van der Waals surface area contributed by atoms with Crippen LogP contribution in [0.2, 0.25) is 5.02 Å². The number of anilines is 1. The Labute approximate surface area is 302 Å². The molecular weight excluding hydrogens is 679 g/mol. The molecule has 9 nitrogen and oxygen atoms in total. The second-order valence-electron chi connectivity index (χ2n) is 14.3. The van der Waals surface area contributed by atoms with Gasteiger partial charge in [-0.3, -0.25) is 24.2 Å². The first-order valence-electron chi connectivity index (χ1n) is 18.0. The number of hydrogen-bond donors (Lipinski definition) is 1. The van der Waals surface area contributed by atoms with Gasteiger partial charge in [-0.05, 0) is 92.6 Å². The first-order valence-corrected chi connectivity index (χ1v) is 19.5. The number of ether oxygens (including phenoxy) is 2. The molecule has 3 atom stereocenters. The second kappa shape index (κ2) is 14.9. The van der Waals surface area contributed by atoms with Crippen LogP contribution in [0.25, 0.3) is 10.9 Å². The summed E-state index contributed by atoms with van der Waals surface area (Å²) in [7, 11) is 1.87. The molecule has 0 spiro atoms. The number of nitrogens with one attached hydrogen (secondary N) is 1. The first-order chi connectivity index (χ1) is 24.2. The number of halogens is 2. The topological polar surface area (TPSA) is 93.1 Å². The number of aryl methyl sites for hydroxylation is 1. The summed E-state index contributed by atoms with van der Waals surface area (Å²) in [5.41, 5.74) is 1.66. The van der Waals surface area contributed by atoms with Crippen LogP contribution in [-0.2, 0) is 32.5 Å². The van der Waals surface area contributed by atoms with Crippen LogP contribution in [0.1, 0.15) is 61.4 Å². The Hall–Kier alpha value is -2.96. The molecule has 4 heterocycles. The summed E-state index contributed by atoms with van der Waals surface area (Å²) in [6.07, 6.45) is 5.80. The lowest BCUT2D eigenvalue weighted by Crippen LogP contribution is -2.67. The molecule has 0 radical (unpaired) electrons. The van der Waals surface area contributed by atoms with Crippen molar-refractivity contribution in [2.75, 3.05) is 49.6 Å². The molecule has 1 aromatic heterocycles. The minimum Gasteiger partial charge on any atom is -0.466 e. The number of para-hydroxylation sites is 1. The zero-order valence-electron chi connectivity index (χ0n) is 28.8. The predicted molar refractivity (Wildman–Crippen MR) is 194 cm³/mol. The molecule has 1 N–H and O–H groups in total. The van der Waals surface area contributed by atoms with Crippen LogP contribution in [-0.4, -0.2) is 88.3 Å². The standard InChI is InChI=1S/C38H46ClFN4O5S/c1-3-48-37(47)24-10-12-28(13-11-24)49-38(43-14-6-7-15-43,44-19-26-22-50-23-27(26)20-44)35(45)17-25-16-31(39)33(18-32(25)40)41-36(46)30-21-42(2)34-9-5-4-8-29(30)34/h4-5,8-9,16,18,21,24,26-28H,3,6-7,10-15,17,19-20,22-23H2,1-2H3,(H,41,46)/t24?,26-,27+,28?,38?. The molecule has 3 saturated heterocycles.